The highest BCUT2D eigenvalue weighted by molar-refractivity contribution is 6.30. The van der Waals surface area contributed by atoms with Gasteiger partial charge in [-0.3, -0.25) is 4.79 Å². The zero-order chi connectivity index (χ0) is 17.9. The molecule has 1 aromatic heterocycles. The molecule has 0 radical (unpaired) electrons. The van der Waals surface area contributed by atoms with Gasteiger partial charge in [-0.2, -0.15) is 0 Å². The van der Waals surface area contributed by atoms with Crippen LogP contribution in [0.5, 0.6) is 0 Å². The van der Waals surface area contributed by atoms with E-state index in [0.29, 0.717) is 10.8 Å². The molecule has 0 aliphatic rings. The van der Waals surface area contributed by atoms with Gasteiger partial charge in [0.15, 0.2) is 0 Å². The number of ether oxygens (including phenoxy) is 1. The van der Waals surface area contributed by atoms with Crippen LogP contribution >= 0.6 is 11.6 Å². The number of hydrogen-bond donors (Lipinski definition) is 1. The Morgan fingerprint density at radius 2 is 1.88 bits per heavy atom. The van der Waals surface area contributed by atoms with Crippen LogP contribution in [0.3, 0.4) is 0 Å². The minimum Gasteiger partial charge on any atom is -0.467 e. The first-order valence-corrected chi connectivity index (χ1v) is 7.79. The molecule has 24 heavy (non-hydrogen) atoms. The van der Waals surface area contributed by atoms with Crippen molar-refractivity contribution in [3.63, 3.8) is 0 Å². The van der Waals surface area contributed by atoms with Crippen LogP contribution in [0.15, 0.2) is 24.3 Å². The van der Waals surface area contributed by atoms with E-state index < -0.39 is 17.9 Å². The predicted molar refractivity (Wildman–Crippen MR) is 89.2 cm³/mol. The van der Waals surface area contributed by atoms with E-state index in [1.807, 2.05) is 13.8 Å². The smallest absolute Gasteiger partial charge is 0.328 e. The molecular formula is C16H19ClN4O3. The van der Waals surface area contributed by atoms with Gasteiger partial charge < -0.3 is 10.1 Å². The van der Waals surface area contributed by atoms with E-state index in [-0.39, 0.29) is 11.7 Å². The second-order valence-electron chi connectivity index (χ2n) is 5.59. The molecule has 0 bridgehead atoms. The monoisotopic (exact) mass is 350 g/mol. The Bertz CT molecular complexity index is 740. The van der Waals surface area contributed by atoms with Crippen LogP contribution < -0.4 is 5.32 Å². The maximum atomic E-state index is 12.4. The Balaban J connectivity index is 2.23. The van der Waals surface area contributed by atoms with Crippen molar-refractivity contribution in [1.29, 1.82) is 0 Å². The Morgan fingerprint density at radius 1 is 1.25 bits per heavy atom. The lowest BCUT2D eigenvalue weighted by Crippen LogP contribution is -2.45. The number of halogens is 1. The number of nitrogens with one attached hydrogen (secondary N) is 1. The van der Waals surface area contributed by atoms with Crippen LogP contribution in [0.2, 0.25) is 5.02 Å². The number of hydrogen-bond acceptors (Lipinski definition) is 5. The second kappa shape index (κ2) is 7.44. The highest BCUT2D eigenvalue weighted by atomic mass is 35.5. The number of rotatable bonds is 5. The summed E-state index contributed by atoms with van der Waals surface area (Å²) in [4.78, 5) is 28.3. The third kappa shape index (κ3) is 3.91. The molecule has 2 aromatic rings. The summed E-state index contributed by atoms with van der Waals surface area (Å²) < 4.78 is 6.24. The van der Waals surface area contributed by atoms with Gasteiger partial charge in [0.05, 0.1) is 12.8 Å². The molecule has 8 heteroatoms. The predicted octanol–water partition coefficient (Wildman–Crippen LogP) is 2.16. The van der Waals surface area contributed by atoms with Gasteiger partial charge in [-0.05, 0) is 37.1 Å². The van der Waals surface area contributed by atoms with Crippen molar-refractivity contribution in [3.05, 3.63) is 40.9 Å². The van der Waals surface area contributed by atoms with Crippen LogP contribution in [0, 0.1) is 12.8 Å². The second-order valence-corrected chi connectivity index (χ2v) is 6.03. The fourth-order valence-corrected chi connectivity index (χ4v) is 2.27. The lowest BCUT2D eigenvalue weighted by molar-refractivity contribution is -0.144. The van der Waals surface area contributed by atoms with E-state index in [9.17, 15) is 9.59 Å². The van der Waals surface area contributed by atoms with Crippen LogP contribution in [0.1, 0.15) is 30.3 Å². The maximum absolute atomic E-state index is 12.4. The average Bonchev–Trinajstić information content (AvgIpc) is 2.94. The van der Waals surface area contributed by atoms with Gasteiger partial charge in [0.25, 0.3) is 5.91 Å². The molecule has 1 heterocycles. The number of esters is 1. The van der Waals surface area contributed by atoms with Crippen molar-refractivity contribution in [2.24, 2.45) is 5.92 Å². The molecule has 0 spiro atoms. The topological polar surface area (TPSA) is 86.1 Å². The summed E-state index contributed by atoms with van der Waals surface area (Å²) in [6, 6.07) is 6.24. The summed E-state index contributed by atoms with van der Waals surface area (Å²) in [5.74, 6) is -0.637. The number of carbonyl (C=O) groups excluding carboxylic acids is 2. The normalized spacial score (nSPS) is 12.1. The minimum atomic E-state index is -0.759. The van der Waals surface area contributed by atoms with Gasteiger partial charge in [-0.25, -0.2) is 14.5 Å². The highest BCUT2D eigenvalue weighted by Crippen LogP contribution is 2.14. The third-order valence-corrected chi connectivity index (χ3v) is 3.70. The van der Waals surface area contributed by atoms with Crippen molar-refractivity contribution < 1.29 is 14.3 Å². The molecule has 1 amide bonds. The SMILES string of the molecule is COC(=O)[C@@H](NC(=O)c1nc(C)n(-c2ccc(Cl)cc2)n1)C(C)C. The standard InChI is InChI=1S/C16H19ClN4O3/c1-9(2)13(16(23)24-4)19-15(22)14-18-10(3)21(20-14)12-7-5-11(17)6-8-12/h5-9,13H,1-4H3,(H,19,22)/t13-/m0/s1. The van der Waals surface area contributed by atoms with Crippen molar-refractivity contribution in [3.8, 4) is 5.69 Å². The molecule has 0 unspecified atom stereocenters. The lowest BCUT2D eigenvalue weighted by Gasteiger charge is -2.18. The van der Waals surface area contributed by atoms with Gasteiger partial charge >= 0.3 is 5.97 Å². The van der Waals surface area contributed by atoms with Crippen LogP contribution in [-0.2, 0) is 9.53 Å². The largest absolute Gasteiger partial charge is 0.467 e. The summed E-state index contributed by atoms with van der Waals surface area (Å²) in [6.45, 7) is 5.36. The Labute approximate surface area is 145 Å². The average molecular weight is 351 g/mol. The fraction of sp³-hybridized carbons (Fsp3) is 0.375. The summed E-state index contributed by atoms with van der Waals surface area (Å²) in [5, 5.41) is 7.42. The number of carbonyl (C=O) groups is 2. The maximum Gasteiger partial charge on any atom is 0.328 e. The number of methoxy groups -OCH3 is 1. The first-order valence-electron chi connectivity index (χ1n) is 7.41. The summed E-state index contributed by atoms with van der Waals surface area (Å²) in [5.41, 5.74) is 0.733. The molecule has 1 N–H and O–H groups in total. The van der Waals surface area contributed by atoms with Crippen LogP contribution in [0.4, 0.5) is 0 Å². The molecule has 0 saturated heterocycles. The highest BCUT2D eigenvalue weighted by Gasteiger charge is 2.27. The zero-order valence-corrected chi connectivity index (χ0v) is 14.7. The van der Waals surface area contributed by atoms with Gasteiger partial charge in [0, 0.05) is 5.02 Å². The number of aromatic nitrogens is 3. The molecule has 0 aliphatic heterocycles. The molecule has 2 rings (SSSR count). The van der Waals surface area contributed by atoms with Crippen LogP contribution in [-0.4, -0.2) is 39.8 Å². The molecule has 0 fully saturated rings. The van der Waals surface area contributed by atoms with Gasteiger partial charge in [0.2, 0.25) is 5.82 Å². The summed E-state index contributed by atoms with van der Waals surface area (Å²) in [7, 11) is 1.28. The van der Waals surface area contributed by atoms with E-state index in [0.717, 1.165) is 5.69 Å². The van der Waals surface area contributed by atoms with Crippen molar-refractivity contribution in [2.45, 2.75) is 26.8 Å². The van der Waals surface area contributed by atoms with Crippen LogP contribution in [0.25, 0.3) is 5.69 Å². The summed E-state index contributed by atoms with van der Waals surface area (Å²) in [6.07, 6.45) is 0. The first-order chi connectivity index (χ1) is 11.3. The number of benzene rings is 1. The van der Waals surface area contributed by atoms with E-state index in [2.05, 4.69) is 15.4 Å². The third-order valence-electron chi connectivity index (χ3n) is 3.45. The Kier molecular flexibility index (Phi) is 5.56. The number of amides is 1. The van der Waals surface area contributed by atoms with Crippen molar-refractivity contribution in [1.82, 2.24) is 20.1 Å². The van der Waals surface area contributed by atoms with Gasteiger partial charge in [-0.15, -0.1) is 5.10 Å². The first kappa shape index (κ1) is 17.9. The van der Waals surface area contributed by atoms with E-state index in [1.54, 1.807) is 31.2 Å². The number of aryl methyl sites for hydroxylation is 1. The minimum absolute atomic E-state index is 0.0167. The Hall–Kier alpha value is -2.41. The van der Waals surface area contributed by atoms with Gasteiger partial charge in [-0.1, -0.05) is 25.4 Å². The number of nitrogens with zero attached hydrogens (tertiary/aromatic N) is 3. The lowest BCUT2D eigenvalue weighted by atomic mass is 10.0. The molecule has 7 nitrogen and oxygen atoms in total. The summed E-state index contributed by atoms with van der Waals surface area (Å²) >= 11 is 5.87. The quantitative estimate of drug-likeness (QED) is 0.835. The molecular weight excluding hydrogens is 332 g/mol. The molecule has 1 atom stereocenters. The van der Waals surface area contributed by atoms with Crippen molar-refractivity contribution in [2.75, 3.05) is 7.11 Å². The van der Waals surface area contributed by atoms with E-state index in [1.165, 1.54) is 11.8 Å². The zero-order valence-electron chi connectivity index (χ0n) is 13.9. The van der Waals surface area contributed by atoms with Crippen molar-refractivity contribution >= 4 is 23.5 Å². The van der Waals surface area contributed by atoms with E-state index >= 15 is 0 Å². The van der Waals surface area contributed by atoms with E-state index in [4.69, 9.17) is 16.3 Å². The molecule has 128 valence electrons. The molecule has 0 aliphatic carbocycles. The Morgan fingerprint density at radius 3 is 2.42 bits per heavy atom. The fourth-order valence-electron chi connectivity index (χ4n) is 2.14. The molecule has 0 saturated carbocycles. The van der Waals surface area contributed by atoms with Gasteiger partial charge in [0.1, 0.15) is 11.9 Å². The molecule has 1 aromatic carbocycles.